The van der Waals surface area contributed by atoms with E-state index in [1.165, 1.54) is 19.2 Å². The van der Waals surface area contributed by atoms with Gasteiger partial charge >= 0.3 is 5.97 Å². The number of benzene rings is 2. The zero-order chi connectivity index (χ0) is 19.1. The highest BCUT2D eigenvalue weighted by molar-refractivity contribution is 6.06. The summed E-state index contributed by atoms with van der Waals surface area (Å²) in [6.07, 6.45) is 0. The van der Waals surface area contributed by atoms with Crippen LogP contribution in [-0.4, -0.2) is 31.4 Å². The van der Waals surface area contributed by atoms with Crippen molar-refractivity contribution in [1.82, 2.24) is 5.32 Å². The van der Waals surface area contributed by atoms with E-state index in [1.807, 2.05) is 13.8 Å². The molecule has 0 aliphatic heterocycles. The monoisotopic (exact) mass is 354 g/mol. The van der Waals surface area contributed by atoms with Crippen LogP contribution in [0.15, 0.2) is 48.5 Å². The zero-order valence-corrected chi connectivity index (χ0v) is 15.0. The Balaban J connectivity index is 2.12. The van der Waals surface area contributed by atoms with Gasteiger partial charge in [0, 0.05) is 23.4 Å². The molecule has 26 heavy (non-hydrogen) atoms. The molecular weight excluding hydrogens is 332 g/mol. The van der Waals surface area contributed by atoms with Crippen LogP contribution >= 0.6 is 0 Å². The van der Waals surface area contributed by atoms with E-state index in [0.717, 1.165) is 0 Å². The molecule has 0 aliphatic carbocycles. The first kappa shape index (κ1) is 19.2. The van der Waals surface area contributed by atoms with Crippen molar-refractivity contribution in [2.24, 2.45) is 5.92 Å². The van der Waals surface area contributed by atoms with Gasteiger partial charge in [0.05, 0.1) is 12.7 Å². The molecule has 2 N–H and O–H groups in total. The Hall–Kier alpha value is -3.15. The van der Waals surface area contributed by atoms with Gasteiger partial charge in [-0.3, -0.25) is 9.59 Å². The minimum Gasteiger partial charge on any atom is -0.465 e. The van der Waals surface area contributed by atoms with E-state index >= 15 is 0 Å². The van der Waals surface area contributed by atoms with Gasteiger partial charge in [-0.15, -0.1) is 0 Å². The summed E-state index contributed by atoms with van der Waals surface area (Å²) in [5.74, 6) is -0.732. The van der Waals surface area contributed by atoms with Gasteiger partial charge in [-0.25, -0.2) is 4.79 Å². The van der Waals surface area contributed by atoms with Crippen LogP contribution in [0.5, 0.6) is 0 Å². The first-order chi connectivity index (χ1) is 12.4. The van der Waals surface area contributed by atoms with Gasteiger partial charge in [-0.1, -0.05) is 26.0 Å². The molecule has 2 aromatic carbocycles. The minimum absolute atomic E-state index is 0.221. The molecule has 0 aliphatic rings. The van der Waals surface area contributed by atoms with Crippen LogP contribution in [0.3, 0.4) is 0 Å². The van der Waals surface area contributed by atoms with E-state index in [9.17, 15) is 14.4 Å². The fourth-order valence-corrected chi connectivity index (χ4v) is 2.25. The van der Waals surface area contributed by atoms with Crippen LogP contribution < -0.4 is 10.6 Å². The Morgan fingerprint density at radius 3 is 2.19 bits per heavy atom. The number of anilines is 1. The van der Waals surface area contributed by atoms with E-state index in [2.05, 4.69) is 15.4 Å². The predicted molar refractivity (Wildman–Crippen MR) is 99.3 cm³/mol. The molecule has 2 rings (SSSR count). The molecule has 0 spiro atoms. The molecule has 0 unspecified atom stereocenters. The van der Waals surface area contributed by atoms with Gasteiger partial charge in [-0.2, -0.15) is 0 Å². The van der Waals surface area contributed by atoms with Crippen molar-refractivity contribution in [1.29, 1.82) is 0 Å². The Labute approximate surface area is 152 Å². The number of nitrogens with one attached hydrogen (secondary N) is 2. The minimum atomic E-state index is -0.482. The van der Waals surface area contributed by atoms with Gasteiger partial charge in [-0.05, 0) is 42.3 Å². The van der Waals surface area contributed by atoms with Gasteiger partial charge in [0.1, 0.15) is 0 Å². The lowest BCUT2D eigenvalue weighted by atomic mass is 10.1. The second kappa shape index (κ2) is 8.80. The summed E-state index contributed by atoms with van der Waals surface area (Å²) >= 11 is 0. The fourth-order valence-electron chi connectivity index (χ4n) is 2.25. The second-order valence-corrected chi connectivity index (χ2v) is 6.21. The van der Waals surface area contributed by atoms with Crippen molar-refractivity contribution < 1.29 is 19.1 Å². The fraction of sp³-hybridized carbons (Fsp3) is 0.250. The third-order valence-electron chi connectivity index (χ3n) is 3.60. The smallest absolute Gasteiger partial charge is 0.337 e. The summed E-state index contributed by atoms with van der Waals surface area (Å²) in [6.45, 7) is 4.58. The predicted octanol–water partition coefficient (Wildman–Crippen LogP) is 3.11. The van der Waals surface area contributed by atoms with Crippen molar-refractivity contribution in [3.63, 3.8) is 0 Å². The quantitative estimate of drug-likeness (QED) is 0.781. The van der Waals surface area contributed by atoms with Crippen LogP contribution in [0.1, 0.15) is 44.9 Å². The van der Waals surface area contributed by atoms with Gasteiger partial charge in [0.2, 0.25) is 0 Å². The topological polar surface area (TPSA) is 84.5 Å². The van der Waals surface area contributed by atoms with Gasteiger partial charge < -0.3 is 15.4 Å². The van der Waals surface area contributed by atoms with E-state index in [4.69, 9.17) is 0 Å². The summed E-state index contributed by atoms with van der Waals surface area (Å²) in [4.78, 5) is 36.2. The molecule has 0 bridgehead atoms. The van der Waals surface area contributed by atoms with Crippen LogP contribution in [0, 0.1) is 5.92 Å². The van der Waals surface area contributed by atoms with E-state index in [1.54, 1.807) is 36.4 Å². The summed E-state index contributed by atoms with van der Waals surface area (Å²) in [7, 11) is 1.30. The van der Waals surface area contributed by atoms with Crippen molar-refractivity contribution in [2.75, 3.05) is 19.0 Å². The highest BCUT2D eigenvalue weighted by Crippen LogP contribution is 2.14. The Morgan fingerprint density at radius 2 is 1.54 bits per heavy atom. The highest BCUT2D eigenvalue weighted by atomic mass is 16.5. The number of carbonyl (C=O) groups is 3. The number of rotatable bonds is 6. The Morgan fingerprint density at radius 1 is 0.923 bits per heavy atom. The maximum absolute atomic E-state index is 12.4. The van der Waals surface area contributed by atoms with Gasteiger partial charge in [0.15, 0.2) is 0 Å². The average Bonchev–Trinajstić information content (AvgIpc) is 2.65. The molecular formula is C20H22N2O4. The number of methoxy groups -OCH3 is 1. The Kier molecular flexibility index (Phi) is 6.49. The second-order valence-electron chi connectivity index (χ2n) is 6.21. The first-order valence-electron chi connectivity index (χ1n) is 8.28. The Bertz CT molecular complexity index is 815. The van der Waals surface area contributed by atoms with E-state index in [0.29, 0.717) is 34.8 Å². The molecule has 2 amide bonds. The van der Waals surface area contributed by atoms with Gasteiger partial charge in [0.25, 0.3) is 11.8 Å². The molecule has 0 saturated carbocycles. The molecule has 136 valence electrons. The summed E-state index contributed by atoms with van der Waals surface area (Å²) in [6, 6.07) is 12.9. The van der Waals surface area contributed by atoms with Crippen molar-refractivity contribution in [3.05, 3.63) is 65.2 Å². The molecule has 0 fully saturated rings. The van der Waals surface area contributed by atoms with Crippen LogP contribution in [0.4, 0.5) is 5.69 Å². The van der Waals surface area contributed by atoms with E-state index < -0.39 is 5.97 Å². The maximum atomic E-state index is 12.4. The number of carbonyl (C=O) groups excluding carboxylic acids is 3. The third-order valence-corrected chi connectivity index (χ3v) is 3.60. The molecule has 0 aromatic heterocycles. The van der Waals surface area contributed by atoms with Crippen LogP contribution in [0.2, 0.25) is 0 Å². The SMILES string of the molecule is COC(=O)c1cccc(NC(=O)c2cccc(C(=O)NCC(C)C)c2)c1. The van der Waals surface area contributed by atoms with Crippen LogP contribution in [0.25, 0.3) is 0 Å². The first-order valence-corrected chi connectivity index (χ1v) is 8.28. The average molecular weight is 354 g/mol. The standard InChI is InChI=1S/C20H22N2O4/c1-13(2)12-21-18(23)14-6-4-7-15(10-14)19(24)22-17-9-5-8-16(11-17)20(25)26-3/h4-11,13H,12H2,1-3H3,(H,21,23)(H,22,24). The summed E-state index contributed by atoms with van der Waals surface area (Å²) in [5.41, 5.74) is 1.58. The normalized spacial score (nSPS) is 10.3. The lowest BCUT2D eigenvalue weighted by molar-refractivity contribution is 0.0600. The number of esters is 1. The number of hydrogen-bond donors (Lipinski definition) is 2. The molecule has 6 nitrogen and oxygen atoms in total. The van der Waals surface area contributed by atoms with Crippen molar-refractivity contribution >= 4 is 23.5 Å². The number of hydrogen-bond acceptors (Lipinski definition) is 4. The summed E-state index contributed by atoms with van der Waals surface area (Å²) < 4.78 is 4.67. The number of amides is 2. The van der Waals surface area contributed by atoms with Crippen molar-refractivity contribution in [3.8, 4) is 0 Å². The molecule has 0 saturated heterocycles. The molecule has 0 atom stereocenters. The molecule has 2 aromatic rings. The maximum Gasteiger partial charge on any atom is 0.337 e. The largest absolute Gasteiger partial charge is 0.465 e. The lowest BCUT2D eigenvalue weighted by Crippen LogP contribution is -2.27. The third kappa shape index (κ3) is 5.17. The lowest BCUT2D eigenvalue weighted by Gasteiger charge is -2.10. The zero-order valence-electron chi connectivity index (χ0n) is 15.0. The van der Waals surface area contributed by atoms with E-state index in [-0.39, 0.29) is 11.8 Å². The molecule has 0 heterocycles. The van der Waals surface area contributed by atoms with Crippen LogP contribution in [-0.2, 0) is 4.74 Å². The molecule has 0 radical (unpaired) electrons. The molecule has 6 heteroatoms. The summed E-state index contributed by atoms with van der Waals surface area (Å²) in [5, 5.41) is 5.53. The number of ether oxygens (including phenoxy) is 1. The highest BCUT2D eigenvalue weighted by Gasteiger charge is 2.12. The van der Waals surface area contributed by atoms with Crippen molar-refractivity contribution in [2.45, 2.75) is 13.8 Å².